The van der Waals surface area contributed by atoms with Gasteiger partial charge < -0.3 is 20.9 Å². The van der Waals surface area contributed by atoms with E-state index in [9.17, 15) is 14.0 Å². The van der Waals surface area contributed by atoms with Crippen LogP contribution >= 0.6 is 0 Å². The average Bonchev–Trinajstić information content (AvgIpc) is 2.78. The summed E-state index contributed by atoms with van der Waals surface area (Å²) in [6.07, 6.45) is 0.386. The van der Waals surface area contributed by atoms with E-state index in [-0.39, 0.29) is 11.7 Å². The fraction of sp³-hybridized carbons (Fsp3) is 0.417. The number of rotatable bonds is 9. The van der Waals surface area contributed by atoms with Crippen molar-refractivity contribution in [2.24, 2.45) is 5.73 Å². The molecular formula is C24H32FN5O2. The molecule has 1 aliphatic heterocycles. The first-order chi connectivity index (χ1) is 15.3. The number of hydrogen-bond donors (Lipinski definition) is 2. The molecule has 1 saturated heterocycles. The zero-order valence-corrected chi connectivity index (χ0v) is 18.8. The Morgan fingerprint density at radius 1 is 1.09 bits per heavy atom. The van der Waals surface area contributed by atoms with E-state index in [0.717, 1.165) is 45.0 Å². The van der Waals surface area contributed by atoms with Crippen LogP contribution in [0.1, 0.15) is 26.3 Å². The highest BCUT2D eigenvalue weighted by Crippen LogP contribution is 2.23. The van der Waals surface area contributed by atoms with Gasteiger partial charge in [-0.2, -0.15) is 0 Å². The molecule has 32 heavy (non-hydrogen) atoms. The zero-order chi connectivity index (χ0) is 23.1. The first kappa shape index (κ1) is 23.7. The van der Waals surface area contributed by atoms with E-state index in [1.54, 1.807) is 36.4 Å². The largest absolute Gasteiger partial charge is 0.368 e. The number of carbonyl (C=O) groups excluding carboxylic acids is 2. The first-order valence-electron chi connectivity index (χ1n) is 10.9. The number of benzene rings is 2. The van der Waals surface area contributed by atoms with Crippen LogP contribution < -0.4 is 16.0 Å². The summed E-state index contributed by atoms with van der Waals surface area (Å²) in [5, 5.41) is 2.79. The van der Waals surface area contributed by atoms with E-state index in [4.69, 9.17) is 5.73 Å². The number of piperazine rings is 1. The van der Waals surface area contributed by atoms with Crippen molar-refractivity contribution in [3.8, 4) is 0 Å². The van der Waals surface area contributed by atoms with Crippen LogP contribution in [-0.2, 0) is 6.42 Å². The number of nitrogens with two attached hydrogens (primary N) is 1. The lowest BCUT2D eigenvalue weighted by Gasteiger charge is -2.37. The molecule has 7 nitrogen and oxygen atoms in total. The standard InChI is InChI=1S/C24H32FN5O2/c1-28(2)11-12-29-13-15-30(16-14-29)22-8-7-19(17-20(22)23(26)31)24(32)27-10-9-18-5-3-4-6-21(18)25/h3-8,17H,9-16H2,1-2H3,(H2,26,31)(H,27,32). The Labute approximate surface area is 189 Å². The summed E-state index contributed by atoms with van der Waals surface area (Å²) in [6.45, 7) is 5.71. The topological polar surface area (TPSA) is 81.9 Å². The molecule has 0 atom stereocenters. The molecule has 0 aromatic heterocycles. The molecule has 3 N–H and O–H groups in total. The average molecular weight is 442 g/mol. The second-order valence-corrected chi connectivity index (χ2v) is 8.33. The third kappa shape index (κ3) is 6.27. The Morgan fingerprint density at radius 3 is 2.47 bits per heavy atom. The molecule has 2 aromatic carbocycles. The maximum absolute atomic E-state index is 13.7. The lowest BCUT2D eigenvalue weighted by molar-refractivity contribution is 0.0954. The highest BCUT2D eigenvalue weighted by Gasteiger charge is 2.22. The molecule has 1 heterocycles. The molecule has 3 rings (SSSR count). The van der Waals surface area contributed by atoms with Crippen LogP contribution in [0.25, 0.3) is 0 Å². The van der Waals surface area contributed by atoms with Crippen LogP contribution in [0.2, 0.25) is 0 Å². The third-order valence-corrected chi connectivity index (χ3v) is 5.74. The maximum Gasteiger partial charge on any atom is 0.251 e. The molecule has 2 amide bonds. The lowest BCUT2D eigenvalue weighted by Crippen LogP contribution is -2.48. The van der Waals surface area contributed by atoms with Crippen molar-refractivity contribution in [3.63, 3.8) is 0 Å². The molecule has 0 bridgehead atoms. The van der Waals surface area contributed by atoms with Crippen molar-refractivity contribution in [2.75, 3.05) is 64.8 Å². The normalized spacial score (nSPS) is 14.6. The second-order valence-electron chi connectivity index (χ2n) is 8.33. The number of nitrogens with zero attached hydrogens (tertiary/aromatic N) is 3. The Morgan fingerprint density at radius 2 is 1.81 bits per heavy atom. The number of hydrogen-bond acceptors (Lipinski definition) is 5. The number of likely N-dealkylation sites (N-methyl/N-ethyl adjacent to an activating group) is 1. The fourth-order valence-electron chi connectivity index (χ4n) is 3.82. The van der Waals surface area contributed by atoms with Gasteiger partial charge in [0.05, 0.1) is 5.56 Å². The maximum atomic E-state index is 13.7. The Balaban J connectivity index is 1.61. The first-order valence-corrected chi connectivity index (χ1v) is 10.9. The molecule has 0 unspecified atom stereocenters. The summed E-state index contributed by atoms with van der Waals surface area (Å²) in [4.78, 5) is 31.4. The van der Waals surface area contributed by atoms with Gasteiger partial charge in [-0.3, -0.25) is 14.5 Å². The molecular weight excluding hydrogens is 409 g/mol. The molecule has 0 aliphatic carbocycles. The van der Waals surface area contributed by atoms with Crippen LogP contribution in [0, 0.1) is 5.82 Å². The molecule has 1 fully saturated rings. The van der Waals surface area contributed by atoms with Crippen LogP contribution in [0.4, 0.5) is 10.1 Å². The monoisotopic (exact) mass is 441 g/mol. The van der Waals surface area contributed by atoms with Crippen molar-refractivity contribution >= 4 is 17.5 Å². The number of halogens is 1. The molecule has 0 saturated carbocycles. The van der Waals surface area contributed by atoms with Gasteiger partial charge in [-0.25, -0.2) is 4.39 Å². The summed E-state index contributed by atoms with van der Waals surface area (Å²) in [6, 6.07) is 11.5. The fourth-order valence-corrected chi connectivity index (χ4v) is 3.82. The van der Waals surface area contributed by atoms with E-state index in [1.165, 1.54) is 6.07 Å². The molecule has 0 spiro atoms. The number of amides is 2. The summed E-state index contributed by atoms with van der Waals surface area (Å²) < 4.78 is 13.7. The minimum atomic E-state index is -0.559. The molecule has 172 valence electrons. The molecule has 0 radical (unpaired) electrons. The van der Waals surface area contributed by atoms with Gasteiger partial charge in [0.25, 0.3) is 11.8 Å². The Bertz CT molecular complexity index is 942. The minimum absolute atomic E-state index is 0.288. The van der Waals surface area contributed by atoms with E-state index in [1.807, 2.05) is 0 Å². The number of primary amides is 1. The SMILES string of the molecule is CN(C)CCN1CCN(c2ccc(C(=O)NCCc3ccccc3F)cc2C(N)=O)CC1. The van der Waals surface area contributed by atoms with Crippen molar-refractivity contribution < 1.29 is 14.0 Å². The highest BCUT2D eigenvalue weighted by molar-refractivity contribution is 6.03. The summed E-state index contributed by atoms with van der Waals surface area (Å²) >= 11 is 0. The summed E-state index contributed by atoms with van der Waals surface area (Å²) in [7, 11) is 4.13. The molecule has 1 aliphatic rings. The van der Waals surface area contributed by atoms with Crippen LogP contribution in [0.3, 0.4) is 0 Å². The predicted molar refractivity (Wildman–Crippen MR) is 125 cm³/mol. The van der Waals surface area contributed by atoms with Crippen LogP contribution in [-0.4, -0.2) is 81.5 Å². The van der Waals surface area contributed by atoms with Gasteiger partial charge in [-0.05, 0) is 50.3 Å². The van der Waals surface area contributed by atoms with Crippen molar-refractivity contribution in [2.45, 2.75) is 6.42 Å². The highest BCUT2D eigenvalue weighted by atomic mass is 19.1. The van der Waals surface area contributed by atoms with E-state index >= 15 is 0 Å². The molecule has 8 heteroatoms. The molecule has 2 aromatic rings. The number of anilines is 1. The van der Waals surface area contributed by atoms with Gasteiger partial charge in [-0.15, -0.1) is 0 Å². The van der Waals surface area contributed by atoms with E-state index < -0.39 is 5.91 Å². The number of nitrogens with one attached hydrogen (secondary N) is 1. The van der Waals surface area contributed by atoms with Crippen LogP contribution in [0.5, 0.6) is 0 Å². The zero-order valence-electron chi connectivity index (χ0n) is 18.8. The third-order valence-electron chi connectivity index (χ3n) is 5.74. The minimum Gasteiger partial charge on any atom is -0.368 e. The predicted octanol–water partition coefficient (Wildman–Crippen LogP) is 1.58. The van der Waals surface area contributed by atoms with Crippen molar-refractivity contribution in [3.05, 3.63) is 65.0 Å². The van der Waals surface area contributed by atoms with Gasteiger partial charge in [0, 0.05) is 57.1 Å². The Kier molecular flexibility index (Phi) is 8.19. The summed E-state index contributed by atoms with van der Waals surface area (Å²) in [5.41, 5.74) is 7.64. The van der Waals surface area contributed by atoms with Gasteiger partial charge in [0.2, 0.25) is 0 Å². The smallest absolute Gasteiger partial charge is 0.251 e. The van der Waals surface area contributed by atoms with Gasteiger partial charge in [0.1, 0.15) is 5.82 Å². The van der Waals surface area contributed by atoms with Crippen molar-refractivity contribution in [1.82, 2.24) is 15.1 Å². The summed E-state index contributed by atoms with van der Waals surface area (Å²) in [5.74, 6) is -1.16. The van der Waals surface area contributed by atoms with E-state index in [2.05, 4.69) is 34.1 Å². The van der Waals surface area contributed by atoms with Crippen LogP contribution in [0.15, 0.2) is 42.5 Å². The van der Waals surface area contributed by atoms with Gasteiger partial charge in [0.15, 0.2) is 0 Å². The lowest BCUT2D eigenvalue weighted by atomic mass is 10.1. The second kappa shape index (κ2) is 11.1. The number of carbonyl (C=O) groups is 2. The van der Waals surface area contributed by atoms with Gasteiger partial charge >= 0.3 is 0 Å². The van der Waals surface area contributed by atoms with E-state index in [0.29, 0.717) is 29.7 Å². The van der Waals surface area contributed by atoms with Crippen molar-refractivity contribution in [1.29, 1.82) is 0 Å². The Hall–Kier alpha value is -2.97. The van der Waals surface area contributed by atoms with Gasteiger partial charge in [-0.1, -0.05) is 18.2 Å². The quantitative estimate of drug-likeness (QED) is 0.618.